The van der Waals surface area contributed by atoms with Crippen LogP contribution in [0.15, 0.2) is 51.4 Å². The van der Waals surface area contributed by atoms with Crippen molar-refractivity contribution in [2.45, 2.75) is 6.42 Å². The van der Waals surface area contributed by atoms with Crippen molar-refractivity contribution in [1.82, 2.24) is 0 Å². The van der Waals surface area contributed by atoms with Crippen LogP contribution in [0.4, 0.5) is 0 Å². The van der Waals surface area contributed by atoms with Gasteiger partial charge in [0.2, 0.25) is 0 Å². The molecule has 2 aromatic rings. The van der Waals surface area contributed by atoms with Gasteiger partial charge >= 0.3 is 0 Å². The summed E-state index contributed by atoms with van der Waals surface area (Å²) < 4.78 is 1.71. The number of carbonyl (C=O) groups is 1. The van der Waals surface area contributed by atoms with E-state index in [1.165, 1.54) is 0 Å². The van der Waals surface area contributed by atoms with Crippen LogP contribution in [-0.4, -0.2) is 5.78 Å². The largest absolute Gasteiger partial charge is 0.294 e. The normalized spacial score (nSPS) is 10.4. The molecule has 0 fully saturated rings. The number of hydrogen-bond acceptors (Lipinski definition) is 1. The molecule has 2 rings (SSSR count). The number of Topliss-reactive ketones (excluding diaryl/α,β-unsaturated/α-hetero) is 1. The van der Waals surface area contributed by atoms with Gasteiger partial charge in [0.15, 0.2) is 5.78 Å². The van der Waals surface area contributed by atoms with Gasteiger partial charge in [-0.05, 0) is 29.8 Å². The van der Waals surface area contributed by atoms with Crippen LogP contribution in [0.5, 0.6) is 0 Å². The Bertz CT molecular complexity index is 596. The molecule has 0 heterocycles. The van der Waals surface area contributed by atoms with Crippen molar-refractivity contribution in [3.8, 4) is 0 Å². The van der Waals surface area contributed by atoms with Gasteiger partial charge in [0.1, 0.15) is 0 Å². The van der Waals surface area contributed by atoms with Gasteiger partial charge in [-0.3, -0.25) is 4.79 Å². The zero-order valence-electron chi connectivity index (χ0n) is 9.29. The van der Waals surface area contributed by atoms with Gasteiger partial charge in [-0.25, -0.2) is 0 Å². The standard InChI is InChI=1S/C14H9Br2ClO/c15-12-4-2-1-3-9(12)7-14(18)11-8-10(17)5-6-13(11)16/h1-6,8H,7H2. The number of carbonyl (C=O) groups excluding carboxylic acids is 1. The van der Waals surface area contributed by atoms with E-state index >= 15 is 0 Å². The van der Waals surface area contributed by atoms with E-state index in [1.807, 2.05) is 24.3 Å². The predicted octanol–water partition coefficient (Wildman–Crippen LogP) is 5.29. The van der Waals surface area contributed by atoms with Crippen molar-refractivity contribution in [2.24, 2.45) is 0 Å². The lowest BCUT2D eigenvalue weighted by Gasteiger charge is -2.06. The molecule has 92 valence electrons. The first kappa shape index (κ1) is 13.8. The summed E-state index contributed by atoms with van der Waals surface area (Å²) in [4.78, 5) is 12.2. The summed E-state index contributed by atoms with van der Waals surface area (Å²) in [7, 11) is 0. The Morgan fingerprint density at radius 2 is 1.78 bits per heavy atom. The third kappa shape index (κ3) is 3.22. The highest BCUT2D eigenvalue weighted by Crippen LogP contribution is 2.24. The van der Waals surface area contributed by atoms with Crippen LogP contribution in [-0.2, 0) is 6.42 Å². The van der Waals surface area contributed by atoms with E-state index in [1.54, 1.807) is 18.2 Å². The fourth-order valence-electron chi connectivity index (χ4n) is 1.62. The summed E-state index contributed by atoms with van der Waals surface area (Å²) in [5, 5.41) is 0.564. The summed E-state index contributed by atoms with van der Waals surface area (Å²) in [5.41, 5.74) is 1.58. The molecule has 0 spiro atoms. The smallest absolute Gasteiger partial charge is 0.168 e. The fourth-order valence-corrected chi connectivity index (χ4v) is 2.69. The Balaban J connectivity index is 2.28. The molecule has 0 aromatic heterocycles. The molecule has 18 heavy (non-hydrogen) atoms. The third-order valence-electron chi connectivity index (χ3n) is 2.54. The van der Waals surface area contributed by atoms with Crippen LogP contribution < -0.4 is 0 Å². The zero-order valence-corrected chi connectivity index (χ0v) is 13.2. The van der Waals surface area contributed by atoms with Gasteiger partial charge in [0, 0.05) is 26.0 Å². The molecule has 0 unspecified atom stereocenters. The second-order valence-electron chi connectivity index (χ2n) is 3.82. The number of halogens is 3. The van der Waals surface area contributed by atoms with Gasteiger partial charge in [-0.15, -0.1) is 0 Å². The number of rotatable bonds is 3. The first-order valence-corrected chi connectivity index (χ1v) is 7.26. The molecule has 0 saturated carbocycles. The highest BCUT2D eigenvalue weighted by Gasteiger charge is 2.12. The maximum Gasteiger partial charge on any atom is 0.168 e. The van der Waals surface area contributed by atoms with Crippen LogP contribution in [0, 0.1) is 0 Å². The zero-order chi connectivity index (χ0) is 13.1. The molecule has 0 N–H and O–H groups in total. The van der Waals surface area contributed by atoms with Gasteiger partial charge in [0.25, 0.3) is 0 Å². The minimum absolute atomic E-state index is 0.0382. The lowest BCUT2D eigenvalue weighted by Crippen LogP contribution is -2.05. The molecule has 0 amide bonds. The Morgan fingerprint density at radius 3 is 2.50 bits per heavy atom. The molecular formula is C14H9Br2ClO. The van der Waals surface area contributed by atoms with Crippen LogP contribution in [0.2, 0.25) is 5.02 Å². The maximum absolute atomic E-state index is 12.2. The first-order chi connectivity index (χ1) is 8.58. The fraction of sp³-hybridized carbons (Fsp3) is 0.0714. The lowest BCUT2D eigenvalue weighted by atomic mass is 10.0. The first-order valence-electron chi connectivity index (χ1n) is 5.29. The summed E-state index contributed by atoms with van der Waals surface area (Å²) in [6.45, 7) is 0. The van der Waals surface area contributed by atoms with Crippen LogP contribution in [0.25, 0.3) is 0 Å². The van der Waals surface area contributed by atoms with E-state index in [4.69, 9.17) is 11.6 Å². The van der Waals surface area contributed by atoms with Crippen LogP contribution >= 0.6 is 43.5 Å². The molecular weight excluding hydrogens is 379 g/mol. The summed E-state index contributed by atoms with van der Waals surface area (Å²) in [5.74, 6) is 0.0382. The van der Waals surface area contributed by atoms with Gasteiger partial charge in [-0.2, -0.15) is 0 Å². The van der Waals surface area contributed by atoms with E-state index in [9.17, 15) is 4.79 Å². The van der Waals surface area contributed by atoms with Crippen molar-refractivity contribution in [2.75, 3.05) is 0 Å². The molecule has 0 saturated heterocycles. The summed E-state index contributed by atoms with van der Waals surface area (Å²) in [6, 6.07) is 12.9. The highest BCUT2D eigenvalue weighted by molar-refractivity contribution is 9.10. The summed E-state index contributed by atoms with van der Waals surface area (Å²) >= 11 is 12.7. The molecule has 0 atom stereocenters. The molecule has 0 bridgehead atoms. The predicted molar refractivity (Wildman–Crippen MR) is 81.3 cm³/mol. The van der Waals surface area contributed by atoms with E-state index in [2.05, 4.69) is 31.9 Å². The maximum atomic E-state index is 12.2. The minimum atomic E-state index is 0.0382. The van der Waals surface area contributed by atoms with Crippen molar-refractivity contribution >= 4 is 49.2 Å². The van der Waals surface area contributed by atoms with Crippen LogP contribution in [0.3, 0.4) is 0 Å². The molecule has 4 heteroatoms. The van der Waals surface area contributed by atoms with Crippen molar-refractivity contribution in [3.63, 3.8) is 0 Å². The minimum Gasteiger partial charge on any atom is -0.294 e. The van der Waals surface area contributed by atoms with Crippen molar-refractivity contribution < 1.29 is 4.79 Å². The Labute approximate surface area is 127 Å². The molecule has 0 aliphatic carbocycles. The topological polar surface area (TPSA) is 17.1 Å². The van der Waals surface area contributed by atoms with E-state index in [0.29, 0.717) is 17.0 Å². The molecule has 0 aliphatic heterocycles. The molecule has 1 nitrogen and oxygen atoms in total. The Morgan fingerprint density at radius 1 is 1.06 bits per heavy atom. The average Bonchev–Trinajstić information content (AvgIpc) is 2.35. The highest BCUT2D eigenvalue weighted by atomic mass is 79.9. The summed E-state index contributed by atoms with van der Waals surface area (Å²) in [6.07, 6.45) is 0.348. The Kier molecular flexibility index (Phi) is 4.60. The number of benzene rings is 2. The third-order valence-corrected chi connectivity index (χ3v) is 4.24. The Hall–Kier alpha value is -0.640. The van der Waals surface area contributed by atoms with E-state index < -0.39 is 0 Å². The molecule has 0 aliphatic rings. The lowest BCUT2D eigenvalue weighted by molar-refractivity contribution is 0.0992. The van der Waals surface area contributed by atoms with Gasteiger partial charge in [0.05, 0.1) is 0 Å². The van der Waals surface area contributed by atoms with Gasteiger partial charge in [-0.1, -0.05) is 61.7 Å². The van der Waals surface area contributed by atoms with Crippen LogP contribution in [0.1, 0.15) is 15.9 Å². The average molecular weight is 388 g/mol. The van der Waals surface area contributed by atoms with Crippen molar-refractivity contribution in [1.29, 1.82) is 0 Å². The SMILES string of the molecule is O=C(Cc1ccccc1Br)c1cc(Cl)ccc1Br. The molecule has 0 radical (unpaired) electrons. The second-order valence-corrected chi connectivity index (χ2v) is 5.96. The van der Waals surface area contributed by atoms with E-state index in [0.717, 1.165) is 14.5 Å². The molecule has 2 aromatic carbocycles. The van der Waals surface area contributed by atoms with Gasteiger partial charge < -0.3 is 0 Å². The number of hydrogen-bond donors (Lipinski definition) is 0. The quantitative estimate of drug-likeness (QED) is 0.653. The van der Waals surface area contributed by atoms with E-state index in [-0.39, 0.29) is 5.78 Å². The monoisotopic (exact) mass is 386 g/mol. The second kappa shape index (κ2) is 6.00. The van der Waals surface area contributed by atoms with Crippen molar-refractivity contribution in [3.05, 3.63) is 67.6 Å². The number of ketones is 1.